The average molecular weight is 363 g/mol. The molecule has 1 aromatic heterocycles. The lowest BCUT2D eigenvalue weighted by atomic mass is 10.1. The van der Waals surface area contributed by atoms with E-state index in [-0.39, 0.29) is 6.03 Å². The standard InChI is InChI=1S/C18H25N3O3S/c1-12(2)17-21-14(11-25-17)10-20-18(22)19-8-7-13-5-6-15(23-3)16(9-13)24-4/h5-6,9,11-12H,7-8,10H2,1-4H3,(H2,19,20,22). The summed E-state index contributed by atoms with van der Waals surface area (Å²) in [6, 6.07) is 5.55. The number of rotatable bonds is 8. The lowest BCUT2D eigenvalue weighted by Crippen LogP contribution is -2.36. The number of nitrogens with one attached hydrogen (secondary N) is 2. The van der Waals surface area contributed by atoms with Gasteiger partial charge in [-0.2, -0.15) is 0 Å². The largest absolute Gasteiger partial charge is 0.493 e. The predicted octanol–water partition coefficient (Wildman–Crippen LogP) is 3.33. The monoisotopic (exact) mass is 363 g/mol. The third kappa shape index (κ3) is 5.63. The Kier molecular flexibility index (Phi) is 7.06. The number of aromatic nitrogens is 1. The molecule has 2 amide bonds. The van der Waals surface area contributed by atoms with Gasteiger partial charge in [0.15, 0.2) is 11.5 Å². The number of ether oxygens (including phenoxy) is 2. The van der Waals surface area contributed by atoms with E-state index >= 15 is 0 Å². The Morgan fingerprint density at radius 2 is 1.96 bits per heavy atom. The van der Waals surface area contributed by atoms with Gasteiger partial charge in [-0.05, 0) is 24.1 Å². The fraction of sp³-hybridized carbons (Fsp3) is 0.444. The molecule has 0 saturated heterocycles. The van der Waals surface area contributed by atoms with E-state index in [2.05, 4.69) is 29.5 Å². The van der Waals surface area contributed by atoms with E-state index in [1.807, 2.05) is 23.6 Å². The van der Waals surface area contributed by atoms with Crippen LogP contribution in [-0.4, -0.2) is 31.8 Å². The van der Waals surface area contributed by atoms with Crippen molar-refractivity contribution in [3.63, 3.8) is 0 Å². The molecule has 0 aliphatic carbocycles. The second-order valence-corrected chi connectivity index (χ2v) is 6.77. The topological polar surface area (TPSA) is 72.5 Å². The molecule has 136 valence electrons. The first-order valence-corrected chi connectivity index (χ1v) is 9.08. The molecule has 7 heteroatoms. The van der Waals surface area contributed by atoms with Crippen LogP contribution in [0.2, 0.25) is 0 Å². The number of hydrogen-bond acceptors (Lipinski definition) is 5. The van der Waals surface area contributed by atoms with Crippen LogP contribution < -0.4 is 20.1 Å². The van der Waals surface area contributed by atoms with Crippen LogP contribution in [0, 0.1) is 0 Å². The van der Waals surface area contributed by atoms with Gasteiger partial charge in [0.05, 0.1) is 31.5 Å². The number of methoxy groups -OCH3 is 2. The quantitative estimate of drug-likeness (QED) is 0.755. The maximum atomic E-state index is 11.9. The van der Waals surface area contributed by atoms with Crippen LogP contribution in [0.25, 0.3) is 0 Å². The maximum absolute atomic E-state index is 11.9. The molecule has 1 heterocycles. The zero-order valence-corrected chi connectivity index (χ0v) is 15.9. The molecule has 2 aromatic rings. The van der Waals surface area contributed by atoms with Crippen LogP contribution in [0.15, 0.2) is 23.6 Å². The van der Waals surface area contributed by atoms with Gasteiger partial charge in [0.1, 0.15) is 0 Å². The lowest BCUT2D eigenvalue weighted by Gasteiger charge is -2.10. The fourth-order valence-electron chi connectivity index (χ4n) is 2.26. The van der Waals surface area contributed by atoms with Gasteiger partial charge in [-0.25, -0.2) is 9.78 Å². The van der Waals surface area contributed by atoms with Crippen LogP contribution in [-0.2, 0) is 13.0 Å². The van der Waals surface area contributed by atoms with E-state index < -0.39 is 0 Å². The second-order valence-electron chi connectivity index (χ2n) is 5.88. The van der Waals surface area contributed by atoms with Crippen molar-refractivity contribution in [2.75, 3.05) is 20.8 Å². The first-order chi connectivity index (χ1) is 12.0. The summed E-state index contributed by atoms with van der Waals surface area (Å²) in [5.41, 5.74) is 1.96. The summed E-state index contributed by atoms with van der Waals surface area (Å²) in [7, 11) is 3.21. The summed E-state index contributed by atoms with van der Waals surface area (Å²) in [5, 5.41) is 8.75. The summed E-state index contributed by atoms with van der Waals surface area (Å²) in [4.78, 5) is 16.4. The molecule has 6 nitrogen and oxygen atoms in total. The molecule has 2 rings (SSSR count). The van der Waals surface area contributed by atoms with Gasteiger partial charge < -0.3 is 20.1 Å². The van der Waals surface area contributed by atoms with Crippen LogP contribution >= 0.6 is 11.3 Å². The third-order valence-corrected chi connectivity index (χ3v) is 4.83. The number of urea groups is 1. The Hall–Kier alpha value is -2.28. The average Bonchev–Trinajstić information content (AvgIpc) is 3.09. The number of thiazole rings is 1. The van der Waals surface area contributed by atoms with Crippen LogP contribution in [0.5, 0.6) is 11.5 Å². The van der Waals surface area contributed by atoms with E-state index in [1.54, 1.807) is 25.6 Å². The van der Waals surface area contributed by atoms with E-state index in [0.29, 0.717) is 36.9 Å². The zero-order valence-electron chi connectivity index (χ0n) is 15.1. The highest BCUT2D eigenvalue weighted by Gasteiger charge is 2.08. The predicted molar refractivity (Wildman–Crippen MR) is 99.7 cm³/mol. The molecular formula is C18H25N3O3S. The van der Waals surface area contributed by atoms with Gasteiger partial charge in [-0.15, -0.1) is 11.3 Å². The molecule has 0 saturated carbocycles. The van der Waals surface area contributed by atoms with Crippen molar-refractivity contribution in [1.29, 1.82) is 0 Å². The number of amides is 2. The van der Waals surface area contributed by atoms with Gasteiger partial charge in [0.25, 0.3) is 0 Å². The molecule has 0 bridgehead atoms. The van der Waals surface area contributed by atoms with E-state index in [4.69, 9.17) is 9.47 Å². The zero-order chi connectivity index (χ0) is 18.2. The Labute approximate surface area is 152 Å². The first kappa shape index (κ1) is 19.1. The number of nitrogens with zero attached hydrogens (tertiary/aromatic N) is 1. The minimum absolute atomic E-state index is 0.195. The summed E-state index contributed by atoms with van der Waals surface area (Å²) in [6.07, 6.45) is 0.710. The lowest BCUT2D eigenvalue weighted by molar-refractivity contribution is 0.240. The van der Waals surface area contributed by atoms with Crippen LogP contribution in [0.4, 0.5) is 4.79 Å². The van der Waals surface area contributed by atoms with Crippen molar-refractivity contribution in [2.24, 2.45) is 0 Å². The summed E-state index contributed by atoms with van der Waals surface area (Å²) < 4.78 is 10.5. The van der Waals surface area contributed by atoms with Crippen molar-refractivity contribution in [1.82, 2.24) is 15.6 Å². The number of carbonyl (C=O) groups is 1. The Morgan fingerprint density at radius 1 is 1.20 bits per heavy atom. The second kappa shape index (κ2) is 9.27. The molecule has 0 aliphatic heterocycles. The summed E-state index contributed by atoms with van der Waals surface area (Å²) >= 11 is 1.63. The summed E-state index contributed by atoms with van der Waals surface area (Å²) in [6.45, 7) is 5.19. The Bertz CT molecular complexity index is 701. The van der Waals surface area contributed by atoms with E-state index in [0.717, 1.165) is 16.3 Å². The Balaban J connectivity index is 1.74. The molecule has 2 N–H and O–H groups in total. The highest BCUT2D eigenvalue weighted by Crippen LogP contribution is 2.27. The first-order valence-electron chi connectivity index (χ1n) is 8.20. The molecule has 1 aromatic carbocycles. The van der Waals surface area contributed by atoms with Crippen molar-refractivity contribution >= 4 is 17.4 Å². The molecule has 0 unspecified atom stereocenters. The normalized spacial score (nSPS) is 10.6. The van der Waals surface area contributed by atoms with Crippen molar-refractivity contribution < 1.29 is 14.3 Å². The molecule has 0 spiro atoms. The van der Waals surface area contributed by atoms with Crippen molar-refractivity contribution in [2.45, 2.75) is 32.7 Å². The molecule has 25 heavy (non-hydrogen) atoms. The smallest absolute Gasteiger partial charge is 0.315 e. The Morgan fingerprint density at radius 3 is 2.60 bits per heavy atom. The van der Waals surface area contributed by atoms with Gasteiger partial charge >= 0.3 is 6.03 Å². The van der Waals surface area contributed by atoms with E-state index in [9.17, 15) is 4.79 Å². The number of carbonyl (C=O) groups excluding carboxylic acids is 1. The van der Waals surface area contributed by atoms with Gasteiger partial charge in [-0.1, -0.05) is 19.9 Å². The van der Waals surface area contributed by atoms with Crippen LogP contribution in [0.1, 0.15) is 36.0 Å². The third-order valence-electron chi connectivity index (χ3n) is 3.64. The van der Waals surface area contributed by atoms with Crippen molar-refractivity contribution in [3.05, 3.63) is 39.8 Å². The summed E-state index contributed by atoms with van der Waals surface area (Å²) in [5.74, 6) is 1.80. The molecule has 0 fully saturated rings. The van der Waals surface area contributed by atoms with Gasteiger partial charge in [0, 0.05) is 17.8 Å². The van der Waals surface area contributed by atoms with Crippen molar-refractivity contribution in [3.8, 4) is 11.5 Å². The number of hydrogen-bond donors (Lipinski definition) is 2. The molecule has 0 atom stereocenters. The molecular weight excluding hydrogens is 338 g/mol. The number of benzene rings is 1. The van der Waals surface area contributed by atoms with Gasteiger partial charge in [-0.3, -0.25) is 0 Å². The minimum Gasteiger partial charge on any atom is -0.493 e. The van der Waals surface area contributed by atoms with E-state index in [1.165, 1.54) is 0 Å². The van der Waals surface area contributed by atoms with Gasteiger partial charge in [0.2, 0.25) is 0 Å². The molecule has 0 radical (unpaired) electrons. The minimum atomic E-state index is -0.195. The molecule has 0 aliphatic rings. The SMILES string of the molecule is COc1ccc(CCNC(=O)NCc2csc(C(C)C)n2)cc1OC. The highest BCUT2D eigenvalue weighted by molar-refractivity contribution is 7.09. The highest BCUT2D eigenvalue weighted by atomic mass is 32.1. The van der Waals surface area contributed by atoms with Crippen LogP contribution in [0.3, 0.4) is 0 Å². The fourth-order valence-corrected chi connectivity index (χ4v) is 3.09. The maximum Gasteiger partial charge on any atom is 0.315 e.